The van der Waals surface area contributed by atoms with Gasteiger partial charge in [0, 0.05) is 20.1 Å². The molecule has 0 spiro atoms. The van der Waals surface area contributed by atoms with Crippen LogP contribution in [0.1, 0.15) is 17.9 Å². The smallest absolute Gasteiger partial charge is 0.264 e. The van der Waals surface area contributed by atoms with Gasteiger partial charge in [0.2, 0.25) is 0 Å². The molecule has 0 radical (unpaired) electrons. The molecule has 0 aromatic carbocycles. The zero-order valence-corrected chi connectivity index (χ0v) is 10.4. The van der Waals surface area contributed by atoms with Gasteiger partial charge in [-0.1, -0.05) is 0 Å². The number of aryl methyl sites for hydroxylation is 2. The highest BCUT2D eigenvalue weighted by atomic mass is 127. The molecule has 0 aliphatic rings. The molecule has 78 valence electrons. The predicted octanol–water partition coefficient (Wildman–Crippen LogP) is 1.26. The third kappa shape index (κ3) is 3.06. The van der Waals surface area contributed by atoms with Crippen LogP contribution in [0.3, 0.4) is 0 Å². The van der Waals surface area contributed by atoms with Gasteiger partial charge in [-0.2, -0.15) is 0 Å². The summed E-state index contributed by atoms with van der Waals surface area (Å²) in [6, 6.07) is 0. The number of methoxy groups -OCH3 is 1. The summed E-state index contributed by atoms with van der Waals surface area (Å²) in [5.41, 5.74) is 0.743. The second kappa shape index (κ2) is 5.45. The first-order valence-electron chi connectivity index (χ1n) is 4.39. The highest BCUT2D eigenvalue weighted by Gasteiger charge is 2.04. The van der Waals surface area contributed by atoms with Crippen molar-refractivity contribution in [3.8, 4) is 0 Å². The SMILES string of the molecule is COCCCc1nc(C)c(I)c(=O)[nH]1. The molecule has 1 rings (SSSR count). The molecule has 0 atom stereocenters. The van der Waals surface area contributed by atoms with E-state index in [2.05, 4.69) is 9.97 Å². The second-order valence-electron chi connectivity index (χ2n) is 3.01. The van der Waals surface area contributed by atoms with Crippen LogP contribution < -0.4 is 5.56 Å². The number of ether oxygens (including phenoxy) is 1. The third-order valence-electron chi connectivity index (χ3n) is 1.84. The van der Waals surface area contributed by atoms with Crippen LogP contribution in [0.15, 0.2) is 4.79 Å². The Labute approximate surface area is 96.2 Å². The molecule has 1 heterocycles. The van der Waals surface area contributed by atoms with Gasteiger partial charge in [-0.25, -0.2) is 4.98 Å². The first kappa shape index (κ1) is 11.6. The van der Waals surface area contributed by atoms with Gasteiger partial charge in [-0.05, 0) is 35.9 Å². The van der Waals surface area contributed by atoms with E-state index in [-0.39, 0.29) is 5.56 Å². The Kier molecular flexibility index (Phi) is 4.53. The molecule has 1 aromatic heterocycles. The van der Waals surface area contributed by atoms with Gasteiger partial charge in [0.05, 0.1) is 9.26 Å². The Morgan fingerprint density at radius 2 is 2.29 bits per heavy atom. The number of hydrogen-bond donors (Lipinski definition) is 1. The molecule has 0 saturated carbocycles. The third-order valence-corrected chi connectivity index (χ3v) is 3.11. The number of halogens is 1. The molecule has 1 aromatic rings. The number of aromatic amines is 1. The average Bonchev–Trinajstić information content (AvgIpc) is 2.14. The van der Waals surface area contributed by atoms with E-state index in [1.807, 2.05) is 29.5 Å². The summed E-state index contributed by atoms with van der Waals surface area (Å²) in [6.07, 6.45) is 1.63. The van der Waals surface area contributed by atoms with Crippen molar-refractivity contribution in [3.63, 3.8) is 0 Å². The zero-order valence-electron chi connectivity index (χ0n) is 8.26. The van der Waals surface area contributed by atoms with Crippen LogP contribution in [-0.4, -0.2) is 23.7 Å². The quantitative estimate of drug-likeness (QED) is 0.673. The maximum Gasteiger partial charge on any atom is 0.264 e. The standard InChI is InChI=1S/C9H13IN2O2/c1-6-8(10)9(13)12-7(11-6)4-3-5-14-2/h3-5H2,1-2H3,(H,11,12,13). The Bertz CT molecular complexity index is 362. The van der Waals surface area contributed by atoms with Crippen LogP contribution in [0.25, 0.3) is 0 Å². The molecular weight excluding hydrogens is 295 g/mol. The van der Waals surface area contributed by atoms with E-state index in [1.165, 1.54) is 0 Å². The van der Waals surface area contributed by atoms with Gasteiger partial charge in [-0.3, -0.25) is 4.79 Å². The molecule has 0 bridgehead atoms. The van der Waals surface area contributed by atoms with Crippen LogP contribution in [0.5, 0.6) is 0 Å². The molecule has 1 N–H and O–H groups in total. The lowest BCUT2D eigenvalue weighted by Gasteiger charge is -2.02. The molecule has 14 heavy (non-hydrogen) atoms. The van der Waals surface area contributed by atoms with Crippen molar-refractivity contribution in [3.05, 3.63) is 25.4 Å². The Balaban J connectivity index is 2.75. The van der Waals surface area contributed by atoms with E-state index in [0.717, 1.165) is 24.4 Å². The minimum atomic E-state index is -0.0504. The highest BCUT2D eigenvalue weighted by Crippen LogP contribution is 2.03. The summed E-state index contributed by atoms with van der Waals surface area (Å²) in [5, 5.41) is 0. The van der Waals surface area contributed by atoms with E-state index in [9.17, 15) is 4.79 Å². The van der Waals surface area contributed by atoms with Crippen molar-refractivity contribution < 1.29 is 4.74 Å². The fraction of sp³-hybridized carbons (Fsp3) is 0.556. The summed E-state index contributed by atoms with van der Waals surface area (Å²) in [5.74, 6) is 0.741. The zero-order chi connectivity index (χ0) is 10.6. The van der Waals surface area contributed by atoms with Gasteiger partial charge < -0.3 is 9.72 Å². The van der Waals surface area contributed by atoms with Crippen molar-refractivity contribution in [1.29, 1.82) is 0 Å². The monoisotopic (exact) mass is 308 g/mol. The van der Waals surface area contributed by atoms with Crippen molar-refractivity contribution in [2.75, 3.05) is 13.7 Å². The number of nitrogens with zero attached hydrogens (tertiary/aromatic N) is 1. The average molecular weight is 308 g/mol. The van der Waals surface area contributed by atoms with E-state index < -0.39 is 0 Å². The number of hydrogen-bond acceptors (Lipinski definition) is 3. The minimum absolute atomic E-state index is 0.0504. The van der Waals surface area contributed by atoms with Gasteiger partial charge in [0.25, 0.3) is 5.56 Å². The summed E-state index contributed by atoms with van der Waals surface area (Å²) >= 11 is 2.00. The Morgan fingerprint density at radius 3 is 2.86 bits per heavy atom. The summed E-state index contributed by atoms with van der Waals surface area (Å²) in [6.45, 7) is 2.53. The lowest BCUT2D eigenvalue weighted by Crippen LogP contribution is -2.16. The van der Waals surface area contributed by atoms with E-state index >= 15 is 0 Å². The number of rotatable bonds is 4. The van der Waals surface area contributed by atoms with Gasteiger partial charge in [-0.15, -0.1) is 0 Å². The molecule has 0 fully saturated rings. The minimum Gasteiger partial charge on any atom is -0.385 e. The van der Waals surface area contributed by atoms with E-state index in [0.29, 0.717) is 10.2 Å². The van der Waals surface area contributed by atoms with Crippen LogP contribution in [0, 0.1) is 10.5 Å². The van der Waals surface area contributed by atoms with E-state index in [4.69, 9.17) is 4.74 Å². The molecule has 5 heteroatoms. The summed E-state index contributed by atoms with van der Waals surface area (Å²) in [4.78, 5) is 18.4. The molecule has 0 aliphatic heterocycles. The fourth-order valence-electron chi connectivity index (χ4n) is 1.13. The normalized spacial score (nSPS) is 10.5. The second-order valence-corrected chi connectivity index (χ2v) is 4.09. The number of aromatic nitrogens is 2. The lowest BCUT2D eigenvalue weighted by molar-refractivity contribution is 0.194. The predicted molar refractivity (Wildman–Crippen MR) is 62.5 cm³/mol. The fourth-order valence-corrected chi connectivity index (χ4v) is 1.39. The molecule has 0 amide bonds. The van der Waals surface area contributed by atoms with Gasteiger partial charge >= 0.3 is 0 Å². The van der Waals surface area contributed by atoms with Crippen LogP contribution in [0.2, 0.25) is 0 Å². The number of nitrogens with one attached hydrogen (secondary N) is 1. The Hall–Kier alpha value is -0.430. The van der Waals surface area contributed by atoms with Crippen molar-refractivity contribution >= 4 is 22.6 Å². The van der Waals surface area contributed by atoms with Crippen LogP contribution in [-0.2, 0) is 11.2 Å². The molecular formula is C9H13IN2O2. The largest absolute Gasteiger partial charge is 0.385 e. The Morgan fingerprint density at radius 1 is 1.57 bits per heavy atom. The summed E-state index contributed by atoms with van der Waals surface area (Å²) < 4.78 is 5.59. The molecule has 4 nitrogen and oxygen atoms in total. The first-order valence-corrected chi connectivity index (χ1v) is 5.47. The van der Waals surface area contributed by atoms with Crippen LogP contribution >= 0.6 is 22.6 Å². The first-order chi connectivity index (χ1) is 6.65. The van der Waals surface area contributed by atoms with Gasteiger partial charge in [0.15, 0.2) is 0 Å². The topological polar surface area (TPSA) is 55.0 Å². The number of H-pyrrole nitrogens is 1. The van der Waals surface area contributed by atoms with E-state index in [1.54, 1.807) is 7.11 Å². The molecule has 0 saturated heterocycles. The van der Waals surface area contributed by atoms with Crippen LogP contribution in [0.4, 0.5) is 0 Å². The maximum absolute atomic E-state index is 11.4. The summed E-state index contributed by atoms with van der Waals surface area (Å²) in [7, 11) is 1.66. The highest BCUT2D eigenvalue weighted by molar-refractivity contribution is 14.1. The lowest BCUT2D eigenvalue weighted by atomic mass is 10.3. The maximum atomic E-state index is 11.4. The molecule has 0 aliphatic carbocycles. The van der Waals surface area contributed by atoms with Crippen molar-refractivity contribution in [2.45, 2.75) is 19.8 Å². The van der Waals surface area contributed by atoms with Crippen molar-refractivity contribution in [1.82, 2.24) is 9.97 Å². The molecule has 0 unspecified atom stereocenters. The van der Waals surface area contributed by atoms with Crippen molar-refractivity contribution in [2.24, 2.45) is 0 Å². The van der Waals surface area contributed by atoms with Gasteiger partial charge in [0.1, 0.15) is 5.82 Å².